The van der Waals surface area contributed by atoms with Gasteiger partial charge in [0.1, 0.15) is 18.6 Å². The van der Waals surface area contributed by atoms with Gasteiger partial charge >= 0.3 is 5.97 Å². The molecule has 2 rings (SSSR count). The van der Waals surface area contributed by atoms with Gasteiger partial charge in [-0.3, -0.25) is 19.2 Å². The molecule has 0 saturated carbocycles. The summed E-state index contributed by atoms with van der Waals surface area (Å²) in [5, 5.41) is 2.52. The Hall–Kier alpha value is -2.16. The third-order valence-corrected chi connectivity index (χ3v) is 4.58. The van der Waals surface area contributed by atoms with Crippen LogP contribution < -0.4 is 11.1 Å². The zero-order chi connectivity index (χ0) is 18.4. The molecule has 25 heavy (non-hydrogen) atoms. The van der Waals surface area contributed by atoms with Crippen LogP contribution in [-0.2, 0) is 23.9 Å². The van der Waals surface area contributed by atoms with Crippen LogP contribution >= 0.6 is 0 Å². The van der Waals surface area contributed by atoms with Crippen molar-refractivity contribution in [2.24, 2.45) is 5.73 Å². The molecule has 9 heteroatoms. The van der Waals surface area contributed by atoms with Gasteiger partial charge in [0.15, 0.2) is 0 Å². The normalized spacial score (nSPS) is 22.8. The minimum Gasteiger partial charge on any atom is -0.465 e. The number of amides is 3. The molecule has 2 saturated heterocycles. The standard InChI is InChI=1S/C16H26N4O5/c1-2-25-14(22)10-18-15(23)11-5-3-8-20(11)16(24)12-6-4-7-19(12)13(21)9-17/h11-12H,2-10,17H2,1H3,(H,18,23). The van der Waals surface area contributed by atoms with Gasteiger partial charge in [-0.2, -0.15) is 0 Å². The largest absolute Gasteiger partial charge is 0.465 e. The second-order valence-corrected chi connectivity index (χ2v) is 6.16. The van der Waals surface area contributed by atoms with E-state index < -0.39 is 18.1 Å². The number of ether oxygens (including phenoxy) is 1. The maximum absolute atomic E-state index is 12.9. The summed E-state index contributed by atoms with van der Waals surface area (Å²) in [6.45, 7) is 2.57. The lowest BCUT2D eigenvalue weighted by atomic mass is 10.1. The molecule has 0 radical (unpaired) electrons. The molecule has 2 unspecified atom stereocenters. The van der Waals surface area contributed by atoms with Crippen LogP contribution in [0.2, 0.25) is 0 Å². The third-order valence-electron chi connectivity index (χ3n) is 4.58. The van der Waals surface area contributed by atoms with Crippen molar-refractivity contribution >= 4 is 23.7 Å². The Labute approximate surface area is 146 Å². The molecule has 2 fully saturated rings. The van der Waals surface area contributed by atoms with Gasteiger partial charge in [0, 0.05) is 13.1 Å². The molecule has 3 amide bonds. The van der Waals surface area contributed by atoms with Crippen molar-refractivity contribution in [3.63, 3.8) is 0 Å². The van der Waals surface area contributed by atoms with E-state index in [9.17, 15) is 19.2 Å². The van der Waals surface area contributed by atoms with Gasteiger partial charge in [-0.15, -0.1) is 0 Å². The van der Waals surface area contributed by atoms with E-state index in [1.807, 2.05) is 0 Å². The molecule has 3 N–H and O–H groups in total. The highest BCUT2D eigenvalue weighted by Crippen LogP contribution is 2.24. The Balaban J connectivity index is 1.97. The Morgan fingerprint density at radius 1 is 1.08 bits per heavy atom. The summed E-state index contributed by atoms with van der Waals surface area (Å²) in [5.74, 6) is -1.35. The van der Waals surface area contributed by atoms with Crippen LogP contribution in [0.4, 0.5) is 0 Å². The molecular formula is C16H26N4O5. The van der Waals surface area contributed by atoms with Crippen molar-refractivity contribution in [1.29, 1.82) is 0 Å². The fourth-order valence-corrected chi connectivity index (χ4v) is 3.42. The lowest BCUT2D eigenvalue weighted by Gasteiger charge is -2.30. The highest BCUT2D eigenvalue weighted by Gasteiger charge is 2.41. The second-order valence-electron chi connectivity index (χ2n) is 6.16. The number of nitrogens with one attached hydrogen (secondary N) is 1. The van der Waals surface area contributed by atoms with E-state index in [1.165, 1.54) is 9.80 Å². The van der Waals surface area contributed by atoms with E-state index >= 15 is 0 Å². The summed E-state index contributed by atoms with van der Waals surface area (Å²) >= 11 is 0. The highest BCUT2D eigenvalue weighted by molar-refractivity contribution is 5.94. The Morgan fingerprint density at radius 3 is 2.36 bits per heavy atom. The van der Waals surface area contributed by atoms with Crippen LogP contribution in [-0.4, -0.2) is 78.4 Å². The van der Waals surface area contributed by atoms with Crippen LogP contribution in [0.15, 0.2) is 0 Å². The van der Waals surface area contributed by atoms with Gasteiger partial charge in [0.05, 0.1) is 13.2 Å². The van der Waals surface area contributed by atoms with Crippen LogP contribution in [0.25, 0.3) is 0 Å². The van der Waals surface area contributed by atoms with Crippen molar-refractivity contribution < 1.29 is 23.9 Å². The summed E-state index contributed by atoms with van der Waals surface area (Å²) in [6.07, 6.45) is 2.58. The molecule has 0 spiro atoms. The van der Waals surface area contributed by atoms with Crippen LogP contribution in [0.3, 0.4) is 0 Å². The first kappa shape index (κ1) is 19.2. The topological polar surface area (TPSA) is 122 Å². The first-order valence-corrected chi connectivity index (χ1v) is 8.73. The maximum atomic E-state index is 12.9. The van der Waals surface area contributed by atoms with Crippen molar-refractivity contribution in [3.8, 4) is 0 Å². The molecule has 0 aromatic heterocycles. The highest BCUT2D eigenvalue weighted by atomic mass is 16.5. The number of carbonyl (C=O) groups excluding carboxylic acids is 4. The fraction of sp³-hybridized carbons (Fsp3) is 0.750. The average molecular weight is 354 g/mol. The van der Waals surface area contributed by atoms with Gasteiger partial charge in [-0.25, -0.2) is 0 Å². The minimum atomic E-state index is -0.614. The van der Waals surface area contributed by atoms with Crippen molar-refractivity contribution in [2.75, 3.05) is 32.8 Å². The fourth-order valence-electron chi connectivity index (χ4n) is 3.42. The molecule has 2 aliphatic rings. The number of carbonyl (C=O) groups is 4. The monoisotopic (exact) mass is 354 g/mol. The van der Waals surface area contributed by atoms with Crippen molar-refractivity contribution in [3.05, 3.63) is 0 Å². The molecular weight excluding hydrogens is 328 g/mol. The molecule has 140 valence electrons. The zero-order valence-corrected chi connectivity index (χ0v) is 14.5. The van der Waals surface area contributed by atoms with E-state index in [4.69, 9.17) is 10.5 Å². The van der Waals surface area contributed by atoms with Gasteiger partial charge in [-0.05, 0) is 32.6 Å². The summed E-state index contributed by atoms with van der Waals surface area (Å²) in [7, 11) is 0. The molecule has 0 bridgehead atoms. The molecule has 9 nitrogen and oxygen atoms in total. The number of nitrogens with zero attached hydrogens (tertiary/aromatic N) is 2. The van der Waals surface area contributed by atoms with Crippen LogP contribution in [0, 0.1) is 0 Å². The third kappa shape index (κ3) is 4.47. The Kier molecular flexibility index (Phi) is 6.74. The van der Waals surface area contributed by atoms with E-state index in [-0.39, 0.29) is 37.4 Å². The summed E-state index contributed by atoms with van der Waals surface area (Å²) in [6, 6.07) is -1.16. The number of rotatable bonds is 6. The smallest absolute Gasteiger partial charge is 0.325 e. The molecule has 0 aliphatic carbocycles. The van der Waals surface area contributed by atoms with Gasteiger partial charge in [0.25, 0.3) is 0 Å². The molecule has 2 aliphatic heterocycles. The Morgan fingerprint density at radius 2 is 1.72 bits per heavy atom. The quantitative estimate of drug-likeness (QED) is 0.566. The molecule has 2 heterocycles. The molecule has 0 aromatic carbocycles. The lowest BCUT2D eigenvalue weighted by Crippen LogP contribution is -2.54. The summed E-state index contributed by atoms with van der Waals surface area (Å²) in [5.41, 5.74) is 5.41. The predicted molar refractivity (Wildman–Crippen MR) is 88.2 cm³/mol. The number of hydrogen-bond donors (Lipinski definition) is 2. The van der Waals surface area contributed by atoms with Crippen molar-refractivity contribution in [2.45, 2.75) is 44.7 Å². The van der Waals surface area contributed by atoms with Gasteiger partial charge in [0.2, 0.25) is 17.7 Å². The van der Waals surface area contributed by atoms with E-state index in [0.717, 1.165) is 6.42 Å². The molecule has 0 aromatic rings. The predicted octanol–water partition coefficient (Wildman–Crippen LogP) is -1.39. The number of hydrogen-bond acceptors (Lipinski definition) is 6. The number of esters is 1. The number of nitrogens with two attached hydrogens (primary N) is 1. The van der Waals surface area contributed by atoms with E-state index in [1.54, 1.807) is 6.92 Å². The SMILES string of the molecule is CCOC(=O)CNC(=O)C1CCCN1C(=O)C1CCCN1C(=O)CN. The van der Waals surface area contributed by atoms with Crippen LogP contribution in [0.5, 0.6) is 0 Å². The first-order chi connectivity index (χ1) is 12.0. The second kappa shape index (κ2) is 8.80. The summed E-state index contributed by atoms with van der Waals surface area (Å²) in [4.78, 5) is 51.5. The lowest BCUT2D eigenvalue weighted by molar-refractivity contribution is -0.147. The Bertz CT molecular complexity index is 539. The van der Waals surface area contributed by atoms with Gasteiger partial charge in [-0.1, -0.05) is 0 Å². The van der Waals surface area contributed by atoms with E-state index in [0.29, 0.717) is 32.4 Å². The number of likely N-dealkylation sites (tertiary alicyclic amines) is 2. The van der Waals surface area contributed by atoms with Crippen molar-refractivity contribution in [1.82, 2.24) is 15.1 Å². The minimum absolute atomic E-state index is 0.132. The zero-order valence-electron chi connectivity index (χ0n) is 14.5. The van der Waals surface area contributed by atoms with Gasteiger partial charge < -0.3 is 25.6 Å². The summed E-state index contributed by atoms with van der Waals surface area (Å²) < 4.78 is 4.77. The molecule has 2 atom stereocenters. The average Bonchev–Trinajstić information content (AvgIpc) is 3.27. The maximum Gasteiger partial charge on any atom is 0.325 e. The first-order valence-electron chi connectivity index (χ1n) is 8.73. The van der Waals surface area contributed by atoms with E-state index in [2.05, 4.69) is 5.32 Å². The van der Waals surface area contributed by atoms with Crippen LogP contribution in [0.1, 0.15) is 32.6 Å².